The lowest BCUT2D eigenvalue weighted by atomic mass is 9.92. The van der Waals surface area contributed by atoms with E-state index in [0.29, 0.717) is 11.8 Å². The molecule has 2 heteroatoms. The Morgan fingerprint density at radius 2 is 1.82 bits per heavy atom. The lowest BCUT2D eigenvalue weighted by Gasteiger charge is -2.18. The van der Waals surface area contributed by atoms with Gasteiger partial charge in [-0.2, -0.15) is 0 Å². The molecule has 17 heavy (non-hydrogen) atoms. The molecule has 0 aliphatic heterocycles. The minimum absolute atomic E-state index is 0.211. The molecule has 2 atom stereocenters. The van der Waals surface area contributed by atoms with Crippen LogP contribution in [-0.4, -0.2) is 13.2 Å². The van der Waals surface area contributed by atoms with Gasteiger partial charge in [-0.1, -0.05) is 32.9 Å². The van der Waals surface area contributed by atoms with Crippen molar-refractivity contribution in [3.63, 3.8) is 0 Å². The minimum atomic E-state index is 0.211. The average molecular weight is 235 g/mol. The zero-order valence-corrected chi connectivity index (χ0v) is 11.7. The first kappa shape index (κ1) is 14.0. The Hall–Kier alpha value is -1.02. The number of methoxy groups -OCH3 is 1. The monoisotopic (exact) mass is 235 g/mol. The first-order valence-corrected chi connectivity index (χ1v) is 6.38. The standard InChI is InChI=1S/C15H25NO/c1-10(2)13-6-7-15(17-5)14(9-13)8-11(3)12(4)16/h6-7,9-12H,8,16H2,1-5H3. The summed E-state index contributed by atoms with van der Waals surface area (Å²) in [6, 6.07) is 6.67. The summed E-state index contributed by atoms with van der Waals surface area (Å²) in [4.78, 5) is 0. The van der Waals surface area contributed by atoms with Crippen LogP contribution < -0.4 is 10.5 Å². The van der Waals surface area contributed by atoms with E-state index in [1.165, 1.54) is 11.1 Å². The highest BCUT2D eigenvalue weighted by molar-refractivity contribution is 5.38. The highest BCUT2D eigenvalue weighted by Crippen LogP contribution is 2.26. The van der Waals surface area contributed by atoms with Crippen molar-refractivity contribution in [1.29, 1.82) is 0 Å². The van der Waals surface area contributed by atoms with Gasteiger partial charge in [-0.05, 0) is 42.4 Å². The number of ether oxygens (including phenoxy) is 1. The molecule has 0 radical (unpaired) electrons. The van der Waals surface area contributed by atoms with E-state index in [4.69, 9.17) is 10.5 Å². The number of nitrogens with two attached hydrogens (primary N) is 1. The molecule has 1 rings (SSSR count). The van der Waals surface area contributed by atoms with E-state index in [-0.39, 0.29) is 6.04 Å². The summed E-state index contributed by atoms with van der Waals surface area (Å²) in [5.74, 6) is 1.98. The van der Waals surface area contributed by atoms with Gasteiger partial charge in [0.25, 0.3) is 0 Å². The quantitative estimate of drug-likeness (QED) is 0.849. The van der Waals surface area contributed by atoms with Crippen LogP contribution in [-0.2, 0) is 6.42 Å². The summed E-state index contributed by atoms with van der Waals surface area (Å²) in [5, 5.41) is 0. The minimum Gasteiger partial charge on any atom is -0.496 e. The fraction of sp³-hybridized carbons (Fsp3) is 0.600. The van der Waals surface area contributed by atoms with Crippen LogP contribution in [0.2, 0.25) is 0 Å². The molecule has 0 aromatic heterocycles. The summed E-state index contributed by atoms with van der Waals surface area (Å²) >= 11 is 0. The fourth-order valence-corrected chi connectivity index (χ4v) is 1.85. The lowest BCUT2D eigenvalue weighted by Crippen LogP contribution is -2.25. The number of hydrogen-bond donors (Lipinski definition) is 1. The van der Waals surface area contributed by atoms with Gasteiger partial charge >= 0.3 is 0 Å². The highest BCUT2D eigenvalue weighted by Gasteiger charge is 2.13. The van der Waals surface area contributed by atoms with Crippen molar-refractivity contribution in [3.8, 4) is 5.75 Å². The fourth-order valence-electron chi connectivity index (χ4n) is 1.85. The molecule has 1 aromatic carbocycles. The smallest absolute Gasteiger partial charge is 0.122 e. The Kier molecular flexibility index (Phi) is 5.01. The van der Waals surface area contributed by atoms with Gasteiger partial charge in [0, 0.05) is 6.04 Å². The molecule has 96 valence electrons. The van der Waals surface area contributed by atoms with E-state index < -0.39 is 0 Å². The molecule has 2 unspecified atom stereocenters. The molecule has 2 nitrogen and oxygen atoms in total. The van der Waals surface area contributed by atoms with Crippen LogP contribution in [0.5, 0.6) is 5.75 Å². The maximum absolute atomic E-state index is 5.93. The Labute approximate surface area is 105 Å². The number of rotatable bonds is 5. The Morgan fingerprint density at radius 3 is 2.29 bits per heavy atom. The zero-order valence-electron chi connectivity index (χ0n) is 11.7. The van der Waals surface area contributed by atoms with E-state index >= 15 is 0 Å². The van der Waals surface area contributed by atoms with Gasteiger partial charge in [-0.15, -0.1) is 0 Å². The Bertz CT molecular complexity index is 358. The number of hydrogen-bond acceptors (Lipinski definition) is 2. The van der Waals surface area contributed by atoms with Crippen molar-refractivity contribution < 1.29 is 4.74 Å². The second-order valence-corrected chi connectivity index (χ2v) is 5.27. The molecular formula is C15H25NO. The zero-order chi connectivity index (χ0) is 13.0. The molecule has 0 aliphatic carbocycles. The molecule has 0 fully saturated rings. The molecule has 0 aliphatic rings. The van der Waals surface area contributed by atoms with E-state index in [1.807, 2.05) is 0 Å². The van der Waals surface area contributed by atoms with Gasteiger partial charge in [0.1, 0.15) is 5.75 Å². The molecule has 2 N–H and O–H groups in total. The average Bonchev–Trinajstić information content (AvgIpc) is 2.28. The van der Waals surface area contributed by atoms with Gasteiger partial charge in [0.05, 0.1) is 7.11 Å². The molecule has 1 aromatic rings. The lowest BCUT2D eigenvalue weighted by molar-refractivity contribution is 0.400. The largest absolute Gasteiger partial charge is 0.496 e. The van der Waals surface area contributed by atoms with Crippen molar-refractivity contribution in [2.24, 2.45) is 11.7 Å². The normalized spacial score (nSPS) is 14.8. The molecule has 0 heterocycles. The SMILES string of the molecule is COc1ccc(C(C)C)cc1CC(C)C(C)N. The summed E-state index contributed by atoms with van der Waals surface area (Å²) in [6.45, 7) is 8.66. The molecule has 0 saturated heterocycles. The summed E-state index contributed by atoms with van der Waals surface area (Å²) < 4.78 is 5.42. The Morgan fingerprint density at radius 1 is 1.18 bits per heavy atom. The van der Waals surface area contributed by atoms with E-state index in [9.17, 15) is 0 Å². The van der Waals surface area contributed by atoms with Gasteiger partial charge < -0.3 is 10.5 Å². The van der Waals surface area contributed by atoms with Crippen LogP contribution in [0.3, 0.4) is 0 Å². The van der Waals surface area contributed by atoms with E-state index in [0.717, 1.165) is 12.2 Å². The first-order chi connectivity index (χ1) is 7.95. The van der Waals surface area contributed by atoms with Crippen molar-refractivity contribution in [3.05, 3.63) is 29.3 Å². The van der Waals surface area contributed by atoms with E-state index in [1.54, 1.807) is 7.11 Å². The van der Waals surface area contributed by atoms with Crippen LogP contribution in [0.15, 0.2) is 18.2 Å². The summed E-state index contributed by atoms with van der Waals surface area (Å²) in [6.07, 6.45) is 0.974. The van der Waals surface area contributed by atoms with Crippen LogP contribution >= 0.6 is 0 Å². The van der Waals surface area contributed by atoms with Gasteiger partial charge in [0.2, 0.25) is 0 Å². The topological polar surface area (TPSA) is 35.2 Å². The molecule has 0 amide bonds. The summed E-state index contributed by atoms with van der Waals surface area (Å²) in [5.41, 5.74) is 8.56. The maximum atomic E-state index is 5.93. The van der Waals surface area contributed by atoms with Crippen molar-refractivity contribution in [1.82, 2.24) is 0 Å². The second kappa shape index (κ2) is 6.06. The van der Waals surface area contributed by atoms with Crippen LogP contribution in [0.4, 0.5) is 0 Å². The predicted molar refractivity (Wildman–Crippen MR) is 73.6 cm³/mol. The molecule has 0 spiro atoms. The maximum Gasteiger partial charge on any atom is 0.122 e. The predicted octanol–water partition coefficient (Wildman–Crippen LogP) is 3.34. The van der Waals surface area contributed by atoms with Crippen molar-refractivity contribution in [2.45, 2.75) is 46.1 Å². The van der Waals surface area contributed by atoms with Crippen LogP contribution in [0.25, 0.3) is 0 Å². The molecule has 0 bridgehead atoms. The van der Waals surface area contributed by atoms with Crippen molar-refractivity contribution in [2.75, 3.05) is 7.11 Å². The third kappa shape index (κ3) is 3.74. The van der Waals surface area contributed by atoms with Crippen molar-refractivity contribution >= 4 is 0 Å². The molecule has 0 saturated carbocycles. The van der Waals surface area contributed by atoms with Gasteiger partial charge in [-0.25, -0.2) is 0 Å². The van der Waals surface area contributed by atoms with Gasteiger partial charge in [0.15, 0.2) is 0 Å². The van der Waals surface area contributed by atoms with E-state index in [2.05, 4.69) is 45.9 Å². The van der Waals surface area contributed by atoms with Crippen LogP contribution in [0, 0.1) is 5.92 Å². The van der Waals surface area contributed by atoms with Gasteiger partial charge in [-0.3, -0.25) is 0 Å². The Balaban J connectivity index is 2.97. The molecular weight excluding hydrogens is 210 g/mol. The third-order valence-corrected chi connectivity index (χ3v) is 3.41. The first-order valence-electron chi connectivity index (χ1n) is 6.38. The highest BCUT2D eigenvalue weighted by atomic mass is 16.5. The summed E-state index contributed by atoms with van der Waals surface area (Å²) in [7, 11) is 1.73. The third-order valence-electron chi connectivity index (χ3n) is 3.41. The van der Waals surface area contributed by atoms with Crippen LogP contribution in [0.1, 0.15) is 44.7 Å². The number of benzene rings is 1. The second-order valence-electron chi connectivity index (χ2n) is 5.27.